The summed E-state index contributed by atoms with van der Waals surface area (Å²) in [6, 6.07) is 4.31. The first-order valence-corrected chi connectivity index (χ1v) is 6.25. The van der Waals surface area contributed by atoms with Crippen LogP contribution in [0.25, 0.3) is 0 Å². The van der Waals surface area contributed by atoms with Crippen molar-refractivity contribution in [1.82, 2.24) is 5.32 Å². The number of hydrogen-bond acceptors (Lipinski definition) is 3. The minimum Gasteiger partial charge on any atom is -0.449 e. The molecule has 1 amide bonds. The van der Waals surface area contributed by atoms with Gasteiger partial charge >= 0.3 is 5.97 Å². The van der Waals surface area contributed by atoms with E-state index in [4.69, 9.17) is 4.74 Å². The fourth-order valence-corrected chi connectivity index (χ4v) is 1.55. The van der Waals surface area contributed by atoms with E-state index >= 15 is 0 Å². The zero-order chi connectivity index (χ0) is 14.0. The summed E-state index contributed by atoms with van der Waals surface area (Å²) in [4.78, 5) is 23.4. The van der Waals surface area contributed by atoms with Crippen LogP contribution in [0.2, 0.25) is 0 Å². The van der Waals surface area contributed by atoms with Crippen LogP contribution in [-0.2, 0) is 9.53 Å². The number of rotatable bonds is 4. The summed E-state index contributed by atoms with van der Waals surface area (Å²) >= 11 is 0. The lowest BCUT2D eigenvalue weighted by atomic mass is 10.1. The number of esters is 1. The highest BCUT2D eigenvalue weighted by Crippen LogP contribution is 2.19. The number of amides is 1. The number of carbonyl (C=O) groups excluding carboxylic acids is 2. The Bertz CT molecular complexity index is 511. The molecule has 1 atom stereocenters. The maximum absolute atomic E-state index is 13.3. The highest BCUT2D eigenvalue weighted by atomic mass is 19.1. The van der Waals surface area contributed by atoms with Crippen molar-refractivity contribution in [2.75, 3.05) is 0 Å². The highest BCUT2D eigenvalue weighted by molar-refractivity contribution is 5.92. The molecule has 0 bridgehead atoms. The molecular weight excluding hydrogens is 249 g/mol. The first-order valence-electron chi connectivity index (χ1n) is 6.25. The van der Waals surface area contributed by atoms with Gasteiger partial charge in [0, 0.05) is 6.04 Å². The third-order valence-electron chi connectivity index (χ3n) is 2.98. The van der Waals surface area contributed by atoms with E-state index in [9.17, 15) is 14.0 Å². The van der Waals surface area contributed by atoms with E-state index in [2.05, 4.69) is 5.32 Å². The van der Waals surface area contributed by atoms with Gasteiger partial charge in [-0.05, 0) is 44.4 Å². The van der Waals surface area contributed by atoms with Crippen LogP contribution < -0.4 is 5.32 Å². The molecule has 0 aromatic heterocycles. The van der Waals surface area contributed by atoms with Crippen molar-refractivity contribution < 1.29 is 18.7 Å². The zero-order valence-corrected chi connectivity index (χ0v) is 10.9. The molecule has 1 aliphatic rings. The number of carbonyl (C=O) groups is 2. The molecule has 0 spiro atoms. The predicted octanol–water partition coefficient (Wildman–Crippen LogP) is 1.96. The molecule has 1 fully saturated rings. The van der Waals surface area contributed by atoms with E-state index < -0.39 is 17.9 Å². The molecule has 19 heavy (non-hydrogen) atoms. The second-order valence-electron chi connectivity index (χ2n) is 4.79. The van der Waals surface area contributed by atoms with Crippen LogP contribution in [0.3, 0.4) is 0 Å². The van der Waals surface area contributed by atoms with Gasteiger partial charge in [-0.1, -0.05) is 6.07 Å². The molecule has 0 heterocycles. The Balaban J connectivity index is 1.95. The predicted molar refractivity (Wildman–Crippen MR) is 67.2 cm³/mol. The quantitative estimate of drug-likeness (QED) is 0.847. The van der Waals surface area contributed by atoms with Gasteiger partial charge in [-0.25, -0.2) is 9.18 Å². The molecule has 0 radical (unpaired) electrons. The van der Waals surface area contributed by atoms with Gasteiger partial charge in [0.1, 0.15) is 5.82 Å². The minimum atomic E-state index is -0.877. The van der Waals surface area contributed by atoms with Gasteiger partial charge < -0.3 is 10.1 Å². The van der Waals surface area contributed by atoms with Crippen LogP contribution in [0.1, 0.15) is 35.7 Å². The summed E-state index contributed by atoms with van der Waals surface area (Å²) in [5.41, 5.74) is 0.560. The number of halogens is 1. The summed E-state index contributed by atoms with van der Waals surface area (Å²) in [6.07, 6.45) is 1.06. The normalized spacial score (nSPS) is 15.7. The van der Waals surface area contributed by atoms with Gasteiger partial charge in [0.25, 0.3) is 5.91 Å². The lowest BCUT2D eigenvalue weighted by molar-refractivity contribution is -0.129. The number of nitrogens with one attached hydrogen (secondary N) is 1. The van der Waals surface area contributed by atoms with E-state index in [1.165, 1.54) is 19.1 Å². The van der Waals surface area contributed by atoms with E-state index in [0.29, 0.717) is 5.56 Å². The monoisotopic (exact) mass is 265 g/mol. The Morgan fingerprint density at radius 1 is 1.42 bits per heavy atom. The van der Waals surface area contributed by atoms with E-state index in [0.717, 1.165) is 18.9 Å². The first-order chi connectivity index (χ1) is 8.97. The molecule has 1 aliphatic carbocycles. The minimum absolute atomic E-state index is 0.106. The van der Waals surface area contributed by atoms with E-state index in [-0.39, 0.29) is 17.5 Å². The average Bonchev–Trinajstić information content (AvgIpc) is 3.16. The van der Waals surface area contributed by atoms with Crippen LogP contribution in [0.15, 0.2) is 18.2 Å². The molecule has 1 aromatic rings. The Morgan fingerprint density at radius 3 is 2.68 bits per heavy atom. The van der Waals surface area contributed by atoms with E-state index in [1.807, 2.05) is 0 Å². The van der Waals surface area contributed by atoms with Crippen molar-refractivity contribution in [1.29, 1.82) is 0 Å². The maximum Gasteiger partial charge on any atom is 0.339 e. The Kier molecular flexibility index (Phi) is 3.83. The van der Waals surface area contributed by atoms with Gasteiger partial charge in [-0.15, -0.1) is 0 Å². The first kappa shape index (κ1) is 13.5. The van der Waals surface area contributed by atoms with Crippen LogP contribution in [0.5, 0.6) is 0 Å². The van der Waals surface area contributed by atoms with Crippen LogP contribution in [0.4, 0.5) is 4.39 Å². The maximum atomic E-state index is 13.3. The molecule has 1 aromatic carbocycles. The van der Waals surface area contributed by atoms with Crippen LogP contribution >= 0.6 is 0 Å². The lowest BCUT2D eigenvalue weighted by Crippen LogP contribution is -2.37. The Labute approximate surface area is 110 Å². The average molecular weight is 265 g/mol. The largest absolute Gasteiger partial charge is 0.449 e. The van der Waals surface area contributed by atoms with Crippen molar-refractivity contribution in [2.45, 2.75) is 38.8 Å². The standard InChI is InChI=1S/C14H16FNO3/c1-8-3-4-10(7-12(8)15)14(18)19-9(2)13(17)16-11-5-6-11/h3-4,7,9,11H,5-6H2,1-2H3,(H,16,17)/t9-/m1/s1. The molecule has 1 saturated carbocycles. The molecule has 0 saturated heterocycles. The fourth-order valence-electron chi connectivity index (χ4n) is 1.55. The van der Waals surface area contributed by atoms with Crippen molar-refractivity contribution in [2.24, 2.45) is 0 Å². The zero-order valence-electron chi connectivity index (χ0n) is 10.9. The van der Waals surface area contributed by atoms with Crippen molar-refractivity contribution in [3.63, 3.8) is 0 Å². The summed E-state index contributed by atoms with van der Waals surface area (Å²) < 4.78 is 18.3. The molecule has 2 rings (SSSR count). The summed E-state index contributed by atoms with van der Waals surface area (Å²) in [5, 5.41) is 2.74. The number of hydrogen-bond donors (Lipinski definition) is 1. The second kappa shape index (κ2) is 5.38. The third-order valence-corrected chi connectivity index (χ3v) is 2.98. The fraction of sp³-hybridized carbons (Fsp3) is 0.429. The summed E-state index contributed by atoms with van der Waals surface area (Å²) in [6.45, 7) is 3.11. The smallest absolute Gasteiger partial charge is 0.339 e. The van der Waals surface area contributed by atoms with Gasteiger partial charge in [0.05, 0.1) is 5.56 Å². The molecule has 102 valence electrons. The summed E-state index contributed by atoms with van der Waals surface area (Å²) in [7, 11) is 0. The van der Waals surface area contributed by atoms with Gasteiger partial charge in [-0.2, -0.15) is 0 Å². The topological polar surface area (TPSA) is 55.4 Å². The second-order valence-corrected chi connectivity index (χ2v) is 4.79. The van der Waals surface area contributed by atoms with Gasteiger partial charge in [0.2, 0.25) is 0 Å². The highest BCUT2D eigenvalue weighted by Gasteiger charge is 2.27. The SMILES string of the molecule is Cc1ccc(C(=O)O[C@H](C)C(=O)NC2CC2)cc1F. The van der Waals surface area contributed by atoms with Gasteiger partial charge in [-0.3, -0.25) is 4.79 Å². The van der Waals surface area contributed by atoms with Crippen molar-refractivity contribution in [3.8, 4) is 0 Å². The van der Waals surface area contributed by atoms with Crippen LogP contribution in [-0.4, -0.2) is 24.0 Å². The number of benzene rings is 1. The molecule has 5 heteroatoms. The lowest BCUT2D eigenvalue weighted by Gasteiger charge is -2.13. The molecule has 1 N–H and O–H groups in total. The number of ether oxygens (including phenoxy) is 1. The van der Waals surface area contributed by atoms with Crippen molar-refractivity contribution >= 4 is 11.9 Å². The van der Waals surface area contributed by atoms with Crippen LogP contribution in [0, 0.1) is 12.7 Å². The van der Waals surface area contributed by atoms with E-state index in [1.54, 1.807) is 6.92 Å². The Morgan fingerprint density at radius 2 is 2.11 bits per heavy atom. The number of aryl methyl sites for hydroxylation is 1. The molecule has 0 aliphatic heterocycles. The molecule has 4 nitrogen and oxygen atoms in total. The molecular formula is C14H16FNO3. The van der Waals surface area contributed by atoms with Crippen molar-refractivity contribution in [3.05, 3.63) is 35.1 Å². The summed E-state index contributed by atoms with van der Waals surface area (Å²) in [5.74, 6) is -1.48. The van der Waals surface area contributed by atoms with Gasteiger partial charge in [0.15, 0.2) is 6.10 Å². The molecule has 0 unspecified atom stereocenters. The third kappa shape index (κ3) is 3.53. The Hall–Kier alpha value is -1.91.